The Morgan fingerprint density at radius 3 is 2.35 bits per heavy atom. The lowest BCUT2D eigenvalue weighted by atomic mass is 10.0. The Hall–Kier alpha value is -2.42. The van der Waals surface area contributed by atoms with Crippen molar-refractivity contribution in [2.75, 3.05) is 13.1 Å². The molecule has 34 heavy (non-hydrogen) atoms. The number of fused-ring (bicyclic) bond motifs is 1. The van der Waals surface area contributed by atoms with Crippen molar-refractivity contribution in [3.8, 4) is 0 Å². The van der Waals surface area contributed by atoms with Gasteiger partial charge >= 0.3 is 6.18 Å². The molecule has 1 saturated heterocycles. The average Bonchev–Trinajstić information content (AvgIpc) is 3.17. The second-order valence-electron chi connectivity index (χ2n) is 7.92. The fourth-order valence-corrected chi connectivity index (χ4v) is 4.36. The molecule has 1 amide bonds. The van der Waals surface area contributed by atoms with Gasteiger partial charge in [-0.1, -0.05) is 57.9 Å². The smallest absolute Gasteiger partial charge is 0.349 e. The SMILES string of the molecule is O=C(NC1CCNCC1)C1=C(/C=C/c2ccc(Cl)cc2)Cc2cc(Br)ccc21.O=CC(F)(F)F. The number of amides is 1. The molecule has 0 aromatic heterocycles. The zero-order chi connectivity index (χ0) is 24.7. The van der Waals surface area contributed by atoms with Gasteiger partial charge in [-0.25, -0.2) is 0 Å². The van der Waals surface area contributed by atoms with Gasteiger partial charge in [0.05, 0.1) is 5.57 Å². The third kappa shape index (κ3) is 7.55. The Bertz CT molecular complexity index is 1090. The lowest BCUT2D eigenvalue weighted by Crippen LogP contribution is -2.43. The number of hydrogen-bond acceptors (Lipinski definition) is 3. The van der Waals surface area contributed by atoms with Gasteiger partial charge in [-0.3, -0.25) is 9.59 Å². The van der Waals surface area contributed by atoms with E-state index in [4.69, 9.17) is 16.4 Å². The van der Waals surface area contributed by atoms with E-state index >= 15 is 0 Å². The van der Waals surface area contributed by atoms with Gasteiger partial charge in [-0.15, -0.1) is 0 Å². The maximum absolute atomic E-state index is 13.2. The first-order valence-electron chi connectivity index (χ1n) is 10.7. The molecule has 1 aliphatic heterocycles. The Morgan fingerprint density at radius 1 is 1.09 bits per heavy atom. The van der Waals surface area contributed by atoms with Crippen molar-refractivity contribution in [3.63, 3.8) is 0 Å². The molecule has 9 heteroatoms. The van der Waals surface area contributed by atoms with E-state index in [2.05, 4.69) is 38.7 Å². The van der Waals surface area contributed by atoms with Crippen molar-refractivity contribution in [2.24, 2.45) is 0 Å². The van der Waals surface area contributed by atoms with Crippen LogP contribution in [0.2, 0.25) is 5.02 Å². The van der Waals surface area contributed by atoms with Crippen LogP contribution in [0.15, 0.2) is 58.6 Å². The summed E-state index contributed by atoms with van der Waals surface area (Å²) in [5, 5.41) is 7.31. The topological polar surface area (TPSA) is 58.2 Å². The molecule has 4 rings (SSSR count). The summed E-state index contributed by atoms with van der Waals surface area (Å²) in [7, 11) is 0. The third-order valence-corrected chi connectivity index (χ3v) is 6.17. The van der Waals surface area contributed by atoms with Crippen LogP contribution in [0.4, 0.5) is 13.2 Å². The molecule has 2 aliphatic rings. The average molecular weight is 556 g/mol. The van der Waals surface area contributed by atoms with Gasteiger partial charge < -0.3 is 10.6 Å². The Morgan fingerprint density at radius 2 is 1.74 bits per heavy atom. The van der Waals surface area contributed by atoms with Crippen molar-refractivity contribution in [1.82, 2.24) is 10.6 Å². The minimum absolute atomic E-state index is 0.0312. The van der Waals surface area contributed by atoms with Gasteiger partial charge in [0.15, 0.2) is 0 Å². The van der Waals surface area contributed by atoms with Crippen molar-refractivity contribution in [1.29, 1.82) is 0 Å². The Labute approximate surface area is 209 Å². The number of benzene rings is 2. The molecular weight excluding hydrogens is 533 g/mol. The van der Waals surface area contributed by atoms with Crippen LogP contribution in [-0.2, 0) is 16.0 Å². The first-order chi connectivity index (χ1) is 16.2. The van der Waals surface area contributed by atoms with Gasteiger partial charge in [-0.2, -0.15) is 13.2 Å². The van der Waals surface area contributed by atoms with Crippen molar-refractivity contribution < 1.29 is 22.8 Å². The molecule has 2 aromatic rings. The first-order valence-corrected chi connectivity index (χ1v) is 11.8. The minimum atomic E-state index is -4.64. The number of carbonyl (C=O) groups is 2. The molecule has 1 fully saturated rings. The summed E-state index contributed by atoms with van der Waals surface area (Å²) in [6.45, 7) is 1.91. The van der Waals surface area contributed by atoms with Crippen LogP contribution >= 0.6 is 27.5 Å². The molecule has 0 atom stereocenters. The quantitative estimate of drug-likeness (QED) is 0.473. The second kappa shape index (κ2) is 11.8. The van der Waals surface area contributed by atoms with Gasteiger partial charge in [-0.05, 0) is 78.9 Å². The van der Waals surface area contributed by atoms with E-state index in [9.17, 15) is 18.0 Å². The largest absolute Gasteiger partial charge is 0.446 e. The monoisotopic (exact) mass is 554 g/mol. The number of piperidine rings is 1. The van der Waals surface area contributed by atoms with Crippen LogP contribution in [-0.4, -0.2) is 37.5 Å². The van der Waals surface area contributed by atoms with E-state index in [0.29, 0.717) is 0 Å². The van der Waals surface area contributed by atoms with Crippen LogP contribution in [0.5, 0.6) is 0 Å². The fraction of sp³-hybridized carbons (Fsp3) is 0.280. The number of rotatable bonds is 4. The van der Waals surface area contributed by atoms with Crippen LogP contribution in [0.1, 0.15) is 29.5 Å². The summed E-state index contributed by atoms with van der Waals surface area (Å²) in [6, 6.07) is 14.1. The molecular formula is C25H23BrClF3N2O2. The normalized spacial score (nSPS) is 16.1. The number of alkyl halides is 3. The highest BCUT2D eigenvalue weighted by Crippen LogP contribution is 2.36. The van der Waals surface area contributed by atoms with Crippen LogP contribution in [0.25, 0.3) is 11.6 Å². The Balaban J connectivity index is 0.000000481. The van der Waals surface area contributed by atoms with E-state index in [-0.39, 0.29) is 11.9 Å². The van der Waals surface area contributed by atoms with E-state index in [1.54, 1.807) is 0 Å². The van der Waals surface area contributed by atoms with Gasteiger partial charge in [0, 0.05) is 15.5 Å². The predicted octanol–water partition coefficient (Wildman–Crippen LogP) is 5.74. The number of allylic oxidation sites excluding steroid dienone is 2. The third-order valence-electron chi connectivity index (χ3n) is 5.42. The molecule has 180 valence electrons. The summed E-state index contributed by atoms with van der Waals surface area (Å²) in [5.74, 6) is 0.0312. The molecule has 4 nitrogen and oxygen atoms in total. The first kappa shape index (κ1) is 26.2. The lowest BCUT2D eigenvalue weighted by Gasteiger charge is -2.24. The molecule has 0 radical (unpaired) electrons. The highest BCUT2D eigenvalue weighted by molar-refractivity contribution is 9.10. The molecule has 0 bridgehead atoms. The number of halogens is 5. The van der Waals surface area contributed by atoms with Crippen LogP contribution < -0.4 is 10.6 Å². The molecule has 0 spiro atoms. The molecule has 1 heterocycles. The van der Waals surface area contributed by atoms with Gasteiger partial charge in [0.1, 0.15) is 0 Å². The van der Waals surface area contributed by atoms with Gasteiger partial charge in [0.2, 0.25) is 6.29 Å². The standard InChI is InChI=1S/C23H22BrClN2O.C2HF3O/c24-18-5-8-21-17(14-18)13-16(4-1-15-2-6-19(25)7-3-15)22(21)23(28)27-20-9-11-26-12-10-20;3-2(4,5)1-6/h1-8,14,20,26H,9-13H2,(H,27,28);1H/b4-1+;. The molecule has 0 saturated carbocycles. The summed E-state index contributed by atoms with van der Waals surface area (Å²) in [6.07, 6.45) is 1.12. The maximum atomic E-state index is 13.2. The Kier molecular flexibility index (Phi) is 9.10. The number of nitrogens with one attached hydrogen (secondary N) is 2. The van der Waals surface area contributed by atoms with Crippen LogP contribution in [0.3, 0.4) is 0 Å². The lowest BCUT2D eigenvalue weighted by molar-refractivity contribution is -0.156. The van der Waals surface area contributed by atoms with E-state index in [1.807, 2.05) is 42.5 Å². The minimum Gasteiger partial charge on any atom is -0.349 e. The van der Waals surface area contributed by atoms with E-state index in [1.165, 1.54) is 5.56 Å². The molecule has 2 aromatic carbocycles. The number of carbonyl (C=O) groups excluding carboxylic acids is 2. The summed E-state index contributed by atoms with van der Waals surface area (Å²) >= 11 is 9.52. The van der Waals surface area contributed by atoms with Crippen LogP contribution in [0, 0.1) is 0 Å². The molecule has 0 unspecified atom stereocenters. The van der Waals surface area contributed by atoms with Crippen molar-refractivity contribution in [2.45, 2.75) is 31.5 Å². The van der Waals surface area contributed by atoms with Crippen molar-refractivity contribution >= 4 is 51.4 Å². The molecule has 1 aliphatic carbocycles. The summed E-state index contributed by atoms with van der Waals surface area (Å²) < 4.78 is 32.3. The summed E-state index contributed by atoms with van der Waals surface area (Å²) in [4.78, 5) is 21.9. The highest BCUT2D eigenvalue weighted by Gasteiger charge is 2.27. The fourth-order valence-electron chi connectivity index (χ4n) is 3.82. The highest BCUT2D eigenvalue weighted by atomic mass is 79.9. The zero-order valence-corrected chi connectivity index (χ0v) is 20.4. The zero-order valence-electron chi connectivity index (χ0n) is 18.1. The summed E-state index contributed by atoms with van der Waals surface area (Å²) in [5.41, 5.74) is 5.12. The predicted molar refractivity (Wildman–Crippen MR) is 131 cm³/mol. The van der Waals surface area contributed by atoms with E-state index in [0.717, 1.165) is 64.1 Å². The van der Waals surface area contributed by atoms with Crippen molar-refractivity contribution in [3.05, 3.63) is 80.3 Å². The molecule has 2 N–H and O–H groups in total. The number of aldehydes is 1. The number of hydrogen-bond donors (Lipinski definition) is 2. The second-order valence-corrected chi connectivity index (χ2v) is 9.27. The van der Waals surface area contributed by atoms with E-state index < -0.39 is 12.5 Å². The maximum Gasteiger partial charge on any atom is 0.446 e. The van der Waals surface area contributed by atoms with Gasteiger partial charge in [0.25, 0.3) is 5.91 Å².